The lowest BCUT2D eigenvalue weighted by atomic mass is 10.1. The zero-order chi connectivity index (χ0) is 22.4. The van der Waals surface area contributed by atoms with Crippen molar-refractivity contribution in [1.29, 1.82) is 0 Å². The van der Waals surface area contributed by atoms with Crippen molar-refractivity contribution < 1.29 is 4.79 Å². The number of carbonyl (C=O) groups excluding carboxylic acids is 1. The van der Waals surface area contributed by atoms with E-state index in [1.807, 2.05) is 55.5 Å². The third-order valence-corrected chi connectivity index (χ3v) is 8.07. The van der Waals surface area contributed by atoms with Gasteiger partial charge < -0.3 is 14.8 Å². The number of aryl methyl sites for hydroxylation is 1. The Kier molecular flexibility index (Phi) is 5.15. The van der Waals surface area contributed by atoms with Gasteiger partial charge in [0.25, 0.3) is 0 Å². The van der Waals surface area contributed by atoms with Gasteiger partial charge in [-0.25, -0.2) is 4.98 Å². The fraction of sp³-hybridized carbons (Fsp3) is 0.154. The van der Waals surface area contributed by atoms with Gasteiger partial charge in [0.05, 0.1) is 17.1 Å². The Labute approximate surface area is 201 Å². The van der Waals surface area contributed by atoms with Gasteiger partial charge in [-0.3, -0.25) is 4.79 Å². The van der Waals surface area contributed by atoms with Gasteiger partial charge in [-0.2, -0.15) is 0 Å². The molecule has 3 heterocycles. The maximum Gasteiger partial charge on any atom is 0.247 e. The number of nitrogens with zero attached hydrogens (tertiary/aromatic N) is 3. The van der Waals surface area contributed by atoms with Gasteiger partial charge >= 0.3 is 0 Å². The average molecular weight is 471 g/mol. The van der Waals surface area contributed by atoms with Crippen molar-refractivity contribution in [2.75, 3.05) is 16.0 Å². The van der Waals surface area contributed by atoms with E-state index in [1.54, 1.807) is 23.5 Å². The van der Waals surface area contributed by atoms with Crippen molar-refractivity contribution in [2.24, 2.45) is 0 Å². The highest BCUT2D eigenvalue weighted by atomic mass is 32.2. The molecule has 2 aliphatic rings. The van der Waals surface area contributed by atoms with Gasteiger partial charge in [-0.15, -0.1) is 0 Å². The maximum atomic E-state index is 13.4. The fourth-order valence-electron chi connectivity index (χ4n) is 4.32. The average Bonchev–Trinajstić information content (AvgIpc) is 3.45. The normalized spacial score (nSPS) is 14.9. The zero-order valence-corrected chi connectivity index (χ0v) is 19.7. The Morgan fingerprint density at radius 3 is 2.45 bits per heavy atom. The zero-order valence-electron chi connectivity index (χ0n) is 18.1. The van der Waals surface area contributed by atoms with E-state index >= 15 is 0 Å². The summed E-state index contributed by atoms with van der Waals surface area (Å²) in [7, 11) is 0. The third-order valence-electron chi connectivity index (χ3n) is 5.97. The summed E-state index contributed by atoms with van der Waals surface area (Å²) in [5, 5.41) is 4.20. The molecule has 0 aliphatic carbocycles. The number of para-hydroxylation sites is 2. The summed E-state index contributed by atoms with van der Waals surface area (Å²) in [5.41, 5.74) is 4.84. The van der Waals surface area contributed by atoms with Crippen LogP contribution in [0.3, 0.4) is 0 Å². The van der Waals surface area contributed by atoms with Crippen LogP contribution < -0.4 is 10.2 Å². The number of anilines is 3. The second-order valence-electron chi connectivity index (χ2n) is 8.10. The minimum absolute atomic E-state index is 0.0495. The lowest BCUT2D eigenvalue weighted by Crippen LogP contribution is -2.40. The molecule has 3 aromatic carbocycles. The van der Waals surface area contributed by atoms with Crippen LogP contribution in [0.25, 0.3) is 11.3 Å². The first-order chi connectivity index (χ1) is 16.2. The van der Waals surface area contributed by atoms with E-state index in [0.717, 1.165) is 55.6 Å². The lowest BCUT2D eigenvalue weighted by Gasteiger charge is -2.36. The number of thioether (sulfide) groups is 1. The molecule has 33 heavy (non-hydrogen) atoms. The molecular formula is C26H22N4OS2. The molecule has 1 unspecified atom stereocenters. The second kappa shape index (κ2) is 8.32. The number of rotatable bonds is 4. The standard InChI is InChI=1S/C26H22N4OS2/c1-17(30-21-9-2-4-11-23(21)33-24-12-5-3-10-22(24)30)25(31)27-19-8-6-7-18(15-19)20-16-29-13-14-32-26(29)28-20/h2-12,15-17H,13-14H2,1H3,(H,27,31). The predicted octanol–water partition coefficient (Wildman–Crippen LogP) is 6.29. The molecule has 1 N–H and O–H groups in total. The van der Waals surface area contributed by atoms with Crippen molar-refractivity contribution in [3.63, 3.8) is 0 Å². The first-order valence-electron chi connectivity index (χ1n) is 10.9. The van der Waals surface area contributed by atoms with Crippen LogP contribution in [0.5, 0.6) is 0 Å². The molecule has 0 bridgehead atoms. The Hall–Kier alpha value is -3.16. The SMILES string of the molecule is CC(C(=O)Nc1cccc(-c2cn3c(n2)SCC3)c1)N1c2ccccc2Sc2ccccc21. The number of hydrogen-bond acceptors (Lipinski definition) is 5. The summed E-state index contributed by atoms with van der Waals surface area (Å²) >= 11 is 3.53. The monoisotopic (exact) mass is 470 g/mol. The minimum Gasteiger partial charge on any atom is -0.327 e. The van der Waals surface area contributed by atoms with Gasteiger partial charge in [-0.1, -0.05) is 59.9 Å². The summed E-state index contributed by atoms with van der Waals surface area (Å²) in [6.07, 6.45) is 2.10. The van der Waals surface area contributed by atoms with Gasteiger partial charge in [0, 0.05) is 39.5 Å². The van der Waals surface area contributed by atoms with Crippen LogP contribution in [0.15, 0.2) is 93.9 Å². The highest BCUT2D eigenvalue weighted by Gasteiger charge is 2.30. The van der Waals surface area contributed by atoms with Crippen LogP contribution >= 0.6 is 23.5 Å². The number of nitrogens with one attached hydrogen (secondary N) is 1. The molecule has 1 amide bonds. The smallest absolute Gasteiger partial charge is 0.247 e. The molecule has 7 heteroatoms. The number of hydrogen-bond donors (Lipinski definition) is 1. The van der Waals surface area contributed by atoms with Crippen molar-refractivity contribution in [2.45, 2.75) is 34.5 Å². The summed E-state index contributed by atoms with van der Waals surface area (Å²) in [6.45, 7) is 2.96. The van der Waals surface area contributed by atoms with E-state index in [-0.39, 0.29) is 11.9 Å². The molecule has 0 spiro atoms. The number of fused-ring (bicyclic) bond motifs is 3. The summed E-state index contributed by atoms with van der Waals surface area (Å²) in [5.74, 6) is 1.03. The van der Waals surface area contributed by atoms with Gasteiger partial charge in [0.1, 0.15) is 6.04 Å². The molecule has 0 saturated heterocycles. The molecule has 0 radical (unpaired) electrons. The Balaban J connectivity index is 1.28. The molecular weight excluding hydrogens is 448 g/mol. The van der Waals surface area contributed by atoms with Gasteiger partial charge in [0.2, 0.25) is 5.91 Å². The van der Waals surface area contributed by atoms with Crippen LogP contribution in [0, 0.1) is 0 Å². The van der Waals surface area contributed by atoms with Crippen LogP contribution in [0.1, 0.15) is 6.92 Å². The molecule has 164 valence electrons. The highest BCUT2D eigenvalue weighted by Crippen LogP contribution is 2.48. The van der Waals surface area contributed by atoms with Crippen molar-refractivity contribution in [3.8, 4) is 11.3 Å². The van der Waals surface area contributed by atoms with Crippen molar-refractivity contribution in [3.05, 3.63) is 79.0 Å². The molecule has 1 atom stereocenters. The van der Waals surface area contributed by atoms with E-state index in [9.17, 15) is 4.79 Å². The molecule has 1 aromatic heterocycles. The first kappa shape index (κ1) is 20.4. The minimum atomic E-state index is -0.385. The second-order valence-corrected chi connectivity index (χ2v) is 10.2. The maximum absolute atomic E-state index is 13.4. The quantitative estimate of drug-likeness (QED) is 0.380. The molecule has 5 nitrogen and oxygen atoms in total. The fourth-order valence-corrected chi connectivity index (χ4v) is 6.33. The summed E-state index contributed by atoms with van der Waals surface area (Å²) in [6, 6.07) is 24.1. The number of aromatic nitrogens is 2. The Morgan fingerprint density at radius 1 is 1.00 bits per heavy atom. The molecule has 6 rings (SSSR count). The van der Waals surface area contributed by atoms with Crippen LogP contribution in [-0.2, 0) is 11.3 Å². The molecule has 4 aromatic rings. The summed E-state index contributed by atoms with van der Waals surface area (Å²) < 4.78 is 2.19. The largest absolute Gasteiger partial charge is 0.327 e. The third kappa shape index (κ3) is 3.71. The highest BCUT2D eigenvalue weighted by molar-refractivity contribution is 7.99. The number of benzene rings is 3. The van der Waals surface area contributed by atoms with E-state index in [1.165, 1.54) is 0 Å². The topological polar surface area (TPSA) is 50.2 Å². The number of imidazole rings is 1. The molecule has 2 aliphatic heterocycles. The predicted molar refractivity (Wildman–Crippen MR) is 136 cm³/mol. The van der Waals surface area contributed by atoms with Crippen LogP contribution in [-0.4, -0.2) is 27.3 Å². The van der Waals surface area contributed by atoms with Crippen LogP contribution in [0.2, 0.25) is 0 Å². The van der Waals surface area contributed by atoms with E-state index in [4.69, 9.17) is 4.98 Å². The summed E-state index contributed by atoms with van der Waals surface area (Å²) in [4.78, 5) is 22.6. The molecule has 0 fully saturated rings. The van der Waals surface area contributed by atoms with Gasteiger partial charge in [0.15, 0.2) is 5.16 Å². The number of carbonyl (C=O) groups is 1. The van der Waals surface area contributed by atoms with Gasteiger partial charge in [-0.05, 0) is 43.3 Å². The lowest BCUT2D eigenvalue weighted by molar-refractivity contribution is -0.117. The van der Waals surface area contributed by atoms with Crippen molar-refractivity contribution in [1.82, 2.24) is 9.55 Å². The number of amides is 1. The van der Waals surface area contributed by atoms with E-state index in [2.05, 4.69) is 45.2 Å². The van der Waals surface area contributed by atoms with Crippen molar-refractivity contribution >= 4 is 46.5 Å². The van der Waals surface area contributed by atoms with Crippen LogP contribution in [0.4, 0.5) is 17.1 Å². The Morgan fingerprint density at radius 2 is 1.73 bits per heavy atom. The Bertz CT molecular complexity index is 1300. The van der Waals surface area contributed by atoms with E-state index in [0.29, 0.717) is 0 Å². The first-order valence-corrected chi connectivity index (χ1v) is 12.7. The molecule has 0 saturated carbocycles. The van der Waals surface area contributed by atoms with E-state index < -0.39 is 0 Å².